The van der Waals surface area contributed by atoms with Crippen LogP contribution in [0.5, 0.6) is 0 Å². The second-order valence-corrected chi connectivity index (χ2v) is 7.49. The fourth-order valence-electron chi connectivity index (χ4n) is 3.76. The fourth-order valence-corrected chi connectivity index (χ4v) is 4.77. The number of thiophene rings is 1. The summed E-state index contributed by atoms with van der Waals surface area (Å²) in [5.41, 5.74) is 5.88. The smallest absolute Gasteiger partial charge is 0.307 e. The van der Waals surface area contributed by atoms with E-state index in [9.17, 15) is 19.5 Å². The molecule has 0 aliphatic heterocycles. The Balaban J connectivity index is 1.64. The van der Waals surface area contributed by atoms with Gasteiger partial charge in [-0.2, -0.15) is 0 Å². The molecule has 24 heavy (non-hydrogen) atoms. The molecule has 2 amide bonds. The molecule has 6 nitrogen and oxygen atoms in total. The molecular weight excluding hydrogens is 328 g/mol. The number of aliphatic carboxylic acids is 1. The largest absolute Gasteiger partial charge is 0.481 e. The first kappa shape index (κ1) is 16.7. The fraction of sp³-hybridized carbons (Fsp3) is 0.471. The van der Waals surface area contributed by atoms with E-state index in [4.69, 9.17) is 0 Å². The van der Waals surface area contributed by atoms with Crippen LogP contribution in [0.1, 0.15) is 33.5 Å². The van der Waals surface area contributed by atoms with Crippen molar-refractivity contribution in [2.24, 2.45) is 23.7 Å². The molecule has 0 saturated heterocycles. The van der Waals surface area contributed by atoms with Gasteiger partial charge >= 0.3 is 5.97 Å². The third-order valence-electron chi connectivity index (χ3n) is 4.91. The van der Waals surface area contributed by atoms with Crippen LogP contribution in [-0.4, -0.2) is 22.9 Å². The van der Waals surface area contributed by atoms with Gasteiger partial charge < -0.3 is 5.11 Å². The highest BCUT2D eigenvalue weighted by atomic mass is 32.1. The monoisotopic (exact) mass is 348 g/mol. The highest BCUT2D eigenvalue weighted by Crippen LogP contribution is 2.48. The van der Waals surface area contributed by atoms with E-state index < -0.39 is 23.7 Å². The Labute approximate surface area is 143 Å². The number of hydrazine groups is 1. The van der Waals surface area contributed by atoms with Crippen LogP contribution in [0.15, 0.2) is 18.2 Å². The number of carboxylic acid groups (broad SMARTS) is 1. The van der Waals surface area contributed by atoms with Crippen LogP contribution in [0.2, 0.25) is 0 Å². The summed E-state index contributed by atoms with van der Waals surface area (Å²) in [7, 11) is 0. The van der Waals surface area contributed by atoms with Gasteiger partial charge in [0.25, 0.3) is 5.91 Å². The summed E-state index contributed by atoms with van der Waals surface area (Å²) in [4.78, 5) is 37.7. The number of carboxylic acids is 1. The van der Waals surface area contributed by atoms with Gasteiger partial charge in [0.1, 0.15) is 0 Å². The highest BCUT2D eigenvalue weighted by Gasteiger charge is 2.51. The maximum absolute atomic E-state index is 12.4. The number of hydrogen-bond donors (Lipinski definition) is 3. The Morgan fingerprint density at radius 3 is 2.46 bits per heavy atom. The van der Waals surface area contributed by atoms with Crippen molar-refractivity contribution in [3.05, 3.63) is 33.5 Å². The number of carbonyl (C=O) groups is 3. The number of rotatable bonds is 4. The maximum atomic E-state index is 12.4. The maximum Gasteiger partial charge on any atom is 0.307 e. The summed E-state index contributed by atoms with van der Waals surface area (Å²) < 4.78 is 0. The van der Waals surface area contributed by atoms with Crippen molar-refractivity contribution in [2.45, 2.75) is 26.7 Å². The lowest BCUT2D eigenvalue weighted by atomic mass is 9.82. The lowest BCUT2D eigenvalue weighted by Crippen LogP contribution is -2.48. The van der Waals surface area contributed by atoms with Crippen LogP contribution in [0.25, 0.3) is 0 Å². The third kappa shape index (κ3) is 2.84. The van der Waals surface area contributed by atoms with Gasteiger partial charge in [-0.15, -0.1) is 11.3 Å². The first-order valence-electron chi connectivity index (χ1n) is 8.03. The number of nitrogens with one attached hydrogen (secondary N) is 2. The molecule has 128 valence electrons. The Kier molecular flexibility index (Phi) is 4.45. The predicted molar refractivity (Wildman–Crippen MR) is 89.4 cm³/mol. The third-order valence-corrected chi connectivity index (χ3v) is 6.29. The van der Waals surface area contributed by atoms with Crippen molar-refractivity contribution in [2.75, 3.05) is 0 Å². The van der Waals surface area contributed by atoms with E-state index in [1.54, 1.807) is 6.07 Å². The van der Waals surface area contributed by atoms with Gasteiger partial charge in [0, 0.05) is 4.88 Å². The van der Waals surface area contributed by atoms with E-state index in [0.29, 0.717) is 11.3 Å². The quantitative estimate of drug-likeness (QED) is 0.572. The van der Waals surface area contributed by atoms with E-state index in [1.165, 1.54) is 11.3 Å². The first-order chi connectivity index (χ1) is 11.4. The summed E-state index contributed by atoms with van der Waals surface area (Å²) in [6, 6.07) is 1.80. The van der Waals surface area contributed by atoms with Gasteiger partial charge in [-0.25, -0.2) is 0 Å². The van der Waals surface area contributed by atoms with Crippen molar-refractivity contribution in [1.82, 2.24) is 10.9 Å². The van der Waals surface area contributed by atoms with Crippen molar-refractivity contribution in [3.63, 3.8) is 0 Å². The Bertz CT molecular complexity index is 724. The van der Waals surface area contributed by atoms with Crippen LogP contribution in [0.3, 0.4) is 0 Å². The van der Waals surface area contributed by atoms with Crippen molar-refractivity contribution in [1.29, 1.82) is 0 Å². The lowest BCUT2D eigenvalue weighted by molar-refractivity contribution is -0.148. The van der Waals surface area contributed by atoms with E-state index in [2.05, 4.69) is 10.9 Å². The Hall–Kier alpha value is -2.15. The van der Waals surface area contributed by atoms with Crippen LogP contribution in [0.4, 0.5) is 0 Å². The molecule has 4 atom stereocenters. The summed E-state index contributed by atoms with van der Waals surface area (Å²) in [5, 5.41) is 9.37. The number of hydrogen-bond acceptors (Lipinski definition) is 4. The molecule has 3 N–H and O–H groups in total. The Morgan fingerprint density at radius 2 is 1.88 bits per heavy atom. The molecule has 1 aromatic rings. The molecule has 0 spiro atoms. The van der Waals surface area contributed by atoms with Gasteiger partial charge in [-0.3, -0.25) is 25.2 Å². The van der Waals surface area contributed by atoms with Gasteiger partial charge in [-0.1, -0.05) is 19.1 Å². The standard InChI is InChI=1S/C17H20N2O4S/c1-3-11-8(2)6-12(24-11)15(20)18-19-16(21)13-9-4-5-10(7-9)14(13)17(22)23/h4-6,9-10,13-14H,3,7H2,1-2H3,(H,18,20)(H,19,21)(H,22,23)/t9-,10-,13-,14-/m0/s1. The van der Waals surface area contributed by atoms with Gasteiger partial charge in [-0.05, 0) is 43.2 Å². The number of fused-ring (bicyclic) bond motifs is 2. The molecule has 0 unspecified atom stereocenters. The second kappa shape index (κ2) is 6.39. The zero-order valence-electron chi connectivity index (χ0n) is 13.5. The van der Waals surface area contributed by atoms with E-state index in [-0.39, 0.29) is 17.7 Å². The van der Waals surface area contributed by atoms with E-state index in [1.807, 2.05) is 26.0 Å². The van der Waals surface area contributed by atoms with Gasteiger partial charge in [0.05, 0.1) is 16.7 Å². The zero-order valence-corrected chi connectivity index (χ0v) is 14.4. The number of carbonyl (C=O) groups excluding carboxylic acids is 2. The van der Waals surface area contributed by atoms with Crippen LogP contribution >= 0.6 is 11.3 Å². The minimum atomic E-state index is -0.959. The molecule has 1 heterocycles. The Morgan fingerprint density at radius 1 is 1.21 bits per heavy atom. The van der Waals surface area contributed by atoms with Crippen LogP contribution in [-0.2, 0) is 16.0 Å². The lowest BCUT2D eigenvalue weighted by Gasteiger charge is -2.23. The van der Waals surface area contributed by atoms with Crippen LogP contribution in [0, 0.1) is 30.6 Å². The van der Waals surface area contributed by atoms with Crippen molar-refractivity contribution >= 4 is 29.1 Å². The second-order valence-electron chi connectivity index (χ2n) is 6.35. The average molecular weight is 348 g/mol. The number of amides is 2. The minimum absolute atomic E-state index is 0.0660. The van der Waals surface area contributed by atoms with Gasteiger partial charge in [0.15, 0.2) is 0 Å². The molecule has 0 radical (unpaired) electrons. The molecule has 3 rings (SSSR count). The molecule has 1 fully saturated rings. The molecule has 1 saturated carbocycles. The number of aryl methyl sites for hydroxylation is 2. The molecule has 2 aliphatic carbocycles. The summed E-state index contributed by atoms with van der Waals surface area (Å²) >= 11 is 1.40. The first-order valence-corrected chi connectivity index (χ1v) is 8.84. The van der Waals surface area contributed by atoms with Crippen molar-refractivity contribution in [3.8, 4) is 0 Å². The average Bonchev–Trinajstić information content (AvgIpc) is 3.25. The minimum Gasteiger partial charge on any atom is -0.481 e. The molecule has 0 aromatic carbocycles. The SMILES string of the molecule is CCc1sc(C(=O)NNC(=O)[C@@H]2[C@@H](C(=O)O)[C@H]3C=C[C@H]2C3)cc1C. The van der Waals surface area contributed by atoms with Gasteiger partial charge in [0.2, 0.25) is 5.91 Å². The highest BCUT2D eigenvalue weighted by molar-refractivity contribution is 7.14. The molecule has 7 heteroatoms. The van der Waals surface area contributed by atoms with E-state index >= 15 is 0 Å². The topological polar surface area (TPSA) is 95.5 Å². The zero-order chi connectivity index (χ0) is 17.4. The molecule has 1 aromatic heterocycles. The summed E-state index contributed by atoms with van der Waals surface area (Å²) in [6.07, 6.45) is 5.33. The normalized spacial score (nSPS) is 27.2. The van der Waals surface area contributed by atoms with Crippen LogP contribution < -0.4 is 10.9 Å². The summed E-state index contributed by atoms with van der Waals surface area (Å²) in [5.74, 6) is -3.27. The molecule has 2 bridgehead atoms. The summed E-state index contributed by atoms with van der Waals surface area (Å²) in [6.45, 7) is 3.97. The number of allylic oxidation sites excluding steroid dienone is 2. The van der Waals surface area contributed by atoms with Crippen molar-refractivity contribution < 1.29 is 19.5 Å². The molecular formula is C17H20N2O4S. The predicted octanol–water partition coefficient (Wildman–Crippen LogP) is 1.90. The van der Waals surface area contributed by atoms with E-state index in [0.717, 1.165) is 16.9 Å². The molecule has 2 aliphatic rings.